The fraction of sp³-hybridized carbons (Fsp3) is 0. The first-order chi connectivity index (χ1) is 0. The molecule has 0 N–H and O–H groups in total. The van der Waals surface area contributed by atoms with E-state index in [1.54, 1.807) is 0 Å². The van der Waals surface area contributed by atoms with Crippen molar-refractivity contribution in [2.75, 3.05) is 0 Å². The second kappa shape index (κ2) is 175. The molecule has 0 amide bonds. The predicted molar refractivity (Wildman–Crippen MR) is 199 cm³/mol. The Hall–Kier alpha value is 32.0. The molecule has 0 saturated carbocycles. The summed E-state index contributed by atoms with van der Waals surface area (Å²) in [6, 6.07) is 0. The second-order valence-corrected chi connectivity index (χ2v) is 0. The third kappa shape index (κ3) is 165. The van der Waals surface area contributed by atoms with Gasteiger partial charge in [-0.15, -0.1) is 0 Å². The van der Waals surface area contributed by atoms with E-state index < -0.39 is 0 Å². The molecule has 0 aliphatic rings. The SMILES string of the molecule is [Ca+2].[Ca+2].[Ca+2].[Ca+2].[Ca+2].[Ca+2].[Ca+2].[Ca+2].[Ca+2].[Ca+2].[Ca+2].[Ca+2].[Ca+2].[Ca+2].[Ca+2].[Ca+2].[Ca+2].[Ca+2].[Ca+2].[Ca+2].[Ca+2].[Ca+2].[Ca+2].[Ca+2].[Ca+2].[Cu].[H-].[H-].[H-].[H-].[H-].[H-].[H-].[H-].[H-].[H-].[H-].[H-].[H-].[H-].[H-].[H-].[H-].[H-].[H-].[H-].[H-].[H-].[H-].[H-].[H-].[H-].[H-].[H-].[H-].[H-].[H-].[H-].[H-].[H-].[H-].[H-].[H-].[H-].[H-].[H-].[H-].[H-].[H-].[H-].[H-].[H-].[H-].[H-].[H-].[H-]. The molecular weight excluding hydrogens is 1070 g/mol. The van der Waals surface area contributed by atoms with E-state index in [4.69, 9.17) is 0 Å². The van der Waals surface area contributed by atoms with E-state index >= 15 is 0 Å². The number of hydrogen-bond acceptors (Lipinski definition) is 0. The van der Waals surface area contributed by atoms with E-state index in [1.807, 2.05) is 0 Å². The van der Waals surface area contributed by atoms with Crippen LogP contribution in [0.25, 0.3) is 0 Å². The summed E-state index contributed by atoms with van der Waals surface area (Å²) in [6.07, 6.45) is 0. The molecule has 0 aliphatic carbocycles. The van der Waals surface area contributed by atoms with Gasteiger partial charge in [0.15, 0.2) is 0 Å². The van der Waals surface area contributed by atoms with E-state index in [2.05, 4.69) is 0 Å². The molecule has 0 fully saturated rings. The van der Waals surface area contributed by atoms with Gasteiger partial charge in [-0.05, 0) is 0 Å². The van der Waals surface area contributed by atoms with Crippen molar-refractivity contribution in [3.8, 4) is 0 Å². The van der Waals surface area contributed by atoms with E-state index in [-0.39, 0.29) is 1030 Å². The van der Waals surface area contributed by atoms with Crippen LogP contribution < -0.4 is 0 Å². The maximum Gasteiger partial charge on any atom is 2.00 e. The van der Waals surface area contributed by atoms with Crippen LogP contribution in [0.3, 0.4) is 0 Å². The van der Waals surface area contributed by atoms with Gasteiger partial charge in [-0.2, -0.15) is 0 Å². The van der Waals surface area contributed by atoms with Crippen LogP contribution in [0, 0.1) is 0 Å². The molecule has 0 spiro atoms. The Bertz CT molecular complexity index is 76.6. The molecule has 0 unspecified atom stereocenters. The van der Waals surface area contributed by atoms with Gasteiger partial charge < -0.3 is 71.3 Å². The third-order valence-electron chi connectivity index (χ3n) is 0. The van der Waals surface area contributed by atoms with Crippen LogP contribution in [0.15, 0.2) is 0 Å². The second-order valence-electron chi connectivity index (χ2n) is 0. The summed E-state index contributed by atoms with van der Waals surface area (Å²) in [5.41, 5.74) is 0. The van der Waals surface area contributed by atoms with Gasteiger partial charge in [0.2, 0.25) is 0 Å². The first-order valence-electron chi connectivity index (χ1n) is 0. The molecule has 0 aromatic carbocycles. The molecule has 1 radical (unpaired) electrons. The maximum absolute atomic E-state index is 0. The van der Waals surface area contributed by atoms with Crippen molar-refractivity contribution in [1.29, 1.82) is 0 Å². The largest absolute Gasteiger partial charge is 2.00 e. The van der Waals surface area contributed by atoms with Gasteiger partial charge in [0.25, 0.3) is 0 Å². The topological polar surface area (TPSA) is 0 Å². The van der Waals surface area contributed by atoms with Gasteiger partial charge in [0.1, 0.15) is 0 Å². The standard InChI is InChI=1S/25Ca.Cu.50H/q25*+2;;50*-1. The Morgan fingerprint density at radius 3 is 0.115 bits per heavy atom. The quantitative estimate of drug-likeness (QED) is 0.218. The van der Waals surface area contributed by atoms with Crippen LogP contribution >= 0.6 is 0 Å². The molecule has 111 valence electrons. The predicted octanol–water partition coefficient (Wildman–Crippen LogP) is -3.90. The zero-order valence-corrected chi connectivity index (χ0v) is 74.1. The van der Waals surface area contributed by atoms with Crippen molar-refractivity contribution < 1.29 is 88.4 Å². The minimum atomic E-state index is 0. The third-order valence-corrected chi connectivity index (χ3v) is 0. The van der Waals surface area contributed by atoms with Gasteiger partial charge in [-0.1, -0.05) is 0 Å². The minimum Gasteiger partial charge on any atom is -1.00 e. The minimum absolute atomic E-state index is 0. The van der Waals surface area contributed by atoms with Crippen molar-refractivity contribution in [2.24, 2.45) is 0 Å². The average Bonchev–Trinajstić information content (AvgIpc) is 0. The summed E-state index contributed by atoms with van der Waals surface area (Å²) < 4.78 is 0. The van der Waals surface area contributed by atoms with Crippen LogP contribution in [-0.2, 0) is 17.1 Å². The zero-order valence-electron chi connectivity index (χ0n) is 68.0. The Kier molecular flexibility index (Phi) is 1240. The van der Waals surface area contributed by atoms with Crippen LogP contribution in [0.5, 0.6) is 0 Å². The number of rotatable bonds is 0. The smallest absolute Gasteiger partial charge is 1.00 e. The molecule has 0 aromatic heterocycles. The first kappa shape index (κ1) is 184. The van der Waals surface area contributed by atoms with E-state index in [0.29, 0.717) is 0 Å². The van der Waals surface area contributed by atoms with Gasteiger partial charge in [0, 0.05) is 17.1 Å². The van der Waals surface area contributed by atoms with Crippen molar-refractivity contribution in [2.45, 2.75) is 0 Å². The van der Waals surface area contributed by atoms with Crippen LogP contribution in [-0.4, -0.2) is 943 Å². The molecule has 26 heavy (non-hydrogen) atoms. The van der Waals surface area contributed by atoms with E-state index in [9.17, 15) is 0 Å². The number of hydrogen-bond donors (Lipinski definition) is 0. The fourth-order valence-corrected chi connectivity index (χ4v) is 0. The summed E-state index contributed by atoms with van der Waals surface area (Å²) in [7, 11) is 0. The van der Waals surface area contributed by atoms with Crippen LogP contribution in [0.1, 0.15) is 71.3 Å². The summed E-state index contributed by atoms with van der Waals surface area (Å²) >= 11 is 0. The molecule has 26 heteroatoms. The van der Waals surface area contributed by atoms with E-state index in [0.717, 1.165) is 0 Å². The van der Waals surface area contributed by atoms with Crippen molar-refractivity contribution >= 4 is 943 Å². The fourth-order valence-electron chi connectivity index (χ4n) is 0. The molecule has 0 aliphatic heterocycles. The monoisotopic (exact) mass is 1110 g/mol. The molecule has 0 bridgehead atoms. The summed E-state index contributed by atoms with van der Waals surface area (Å²) in [6.45, 7) is 0. The zero-order chi connectivity index (χ0) is 0. The van der Waals surface area contributed by atoms with Gasteiger partial charge in [0.05, 0.1) is 0 Å². The van der Waals surface area contributed by atoms with Crippen molar-refractivity contribution in [3.05, 3.63) is 0 Å². The Morgan fingerprint density at radius 2 is 0.115 bits per heavy atom. The van der Waals surface area contributed by atoms with Crippen molar-refractivity contribution in [3.63, 3.8) is 0 Å². The maximum atomic E-state index is 0. The Morgan fingerprint density at radius 1 is 0.115 bits per heavy atom. The first-order valence-corrected chi connectivity index (χ1v) is 0. The molecule has 0 atom stereocenters. The molecule has 0 heterocycles. The van der Waals surface area contributed by atoms with Crippen molar-refractivity contribution in [1.82, 2.24) is 0 Å². The molecule has 0 nitrogen and oxygen atoms in total. The van der Waals surface area contributed by atoms with Gasteiger partial charge in [-0.3, -0.25) is 0 Å². The Balaban J connectivity index is 0. The van der Waals surface area contributed by atoms with Gasteiger partial charge in [-0.25, -0.2) is 0 Å². The average molecular weight is 1120 g/mol. The molecular formula is H50Ca25Cu. The molecule has 0 aromatic rings. The normalized spacial score (nSPS) is 0. The molecule has 0 saturated heterocycles. The summed E-state index contributed by atoms with van der Waals surface area (Å²) in [4.78, 5) is 0. The molecule has 0 rings (SSSR count). The summed E-state index contributed by atoms with van der Waals surface area (Å²) in [5, 5.41) is 0. The van der Waals surface area contributed by atoms with Crippen LogP contribution in [0.4, 0.5) is 0 Å². The Labute approximate surface area is 995 Å². The summed E-state index contributed by atoms with van der Waals surface area (Å²) in [5.74, 6) is 0. The van der Waals surface area contributed by atoms with Crippen LogP contribution in [0.2, 0.25) is 0 Å². The van der Waals surface area contributed by atoms with E-state index in [1.165, 1.54) is 0 Å². The van der Waals surface area contributed by atoms with Gasteiger partial charge >= 0.3 is 943 Å².